The van der Waals surface area contributed by atoms with Gasteiger partial charge in [0.05, 0.1) is 11.3 Å². The molecule has 0 bridgehead atoms. The van der Waals surface area contributed by atoms with Crippen LogP contribution in [0.3, 0.4) is 0 Å². The number of rotatable bonds is 3. The Morgan fingerprint density at radius 2 is 2.05 bits per heavy atom. The first-order valence-electron chi connectivity index (χ1n) is 5.50. The number of fused-ring (bicyclic) bond motifs is 1. The first-order chi connectivity index (χ1) is 8.70. The monoisotopic (exact) mass is 289 g/mol. The van der Waals surface area contributed by atoms with Crippen LogP contribution in [-0.4, -0.2) is 30.0 Å². The molecule has 1 aromatic heterocycles. The van der Waals surface area contributed by atoms with E-state index in [-0.39, 0.29) is 22.7 Å². The van der Waals surface area contributed by atoms with Gasteiger partial charge in [-0.15, -0.1) is 0 Å². The maximum absolute atomic E-state index is 13.8. The Morgan fingerprint density at radius 3 is 2.63 bits per heavy atom. The van der Waals surface area contributed by atoms with Crippen LogP contribution in [0.4, 0.5) is 14.7 Å². The third kappa shape index (κ3) is 2.53. The molecule has 5 nitrogen and oxygen atoms in total. The van der Waals surface area contributed by atoms with Crippen LogP contribution in [0.25, 0.3) is 11.0 Å². The number of nitrogens with zero attached hydrogens (tertiary/aromatic N) is 2. The van der Waals surface area contributed by atoms with Crippen molar-refractivity contribution in [2.24, 2.45) is 0 Å². The van der Waals surface area contributed by atoms with E-state index in [4.69, 9.17) is 5.73 Å². The van der Waals surface area contributed by atoms with Crippen molar-refractivity contribution >= 4 is 26.8 Å². The fourth-order valence-corrected chi connectivity index (χ4v) is 3.13. The summed E-state index contributed by atoms with van der Waals surface area (Å²) in [7, 11) is -3.28. The van der Waals surface area contributed by atoms with E-state index in [2.05, 4.69) is 4.98 Å². The predicted molar refractivity (Wildman–Crippen MR) is 68.5 cm³/mol. The maximum Gasteiger partial charge on any atom is 0.201 e. The molecule has 0 aliphatic rings. The topological polar surface area (TPSA) is 78.0 Å². The van der Waals surface area contributed by atoms with Crippen molar-refractivity contribution < 1.29 is 17.2 Å². The van der Waals surface area contributed by atoms with Crippen molar-refractivity contribution in [2.75, 3.05) is 17.7 Å². The molecule has 1 heterocycles. The molecule has 2 aromatic rings. The van der Waals surface area contributed by atoms with Crippen molar-refractivity contribution in [3.05, 3.63) is 23.8 Å². The van der Waals surface area contributed by atoms with E-state index < -0.39 is 27.5 Å². The summed E-state index contributed by atoms with van der Waals surface area (Å²) in [4.78, 5) is 3.91. The zero-order chi connectivity index (χ0) is 14.4. The molecule has 1 aromatic carbocycles. The molecule has 0 amide bonds. The van der Waals surface area contributed by atoms with Gasteiger partial charge in [0.15, 0.2) is 11.6 Å². The third-order valence-electron chi connectivity index (χ3n) is 2.76. The summed E-state index contributed by atoms with van der Waals surface area (Å²) < 4.78 is 50.9. The van der Waals surface area contributed by atoms with E-state index in [0.29, 0.717) is 0 Å². The molecule has 104 valence electrons. The second kappa shape index (κ2) is 4.44. The van der Waals surface area contributed by atoms with Gasteiger partial charge in [-0.2, -0.15) is 0 Å². The number of imidazole rings is 1. The predicted octanol–water partition coefficient (Wildman–Crippen LogP) is 1.50. The Morgan fingerprint density at radius 1 is 1.42 bits per heavy atom. The van der Waals surface area contributed by atoms with Crippen molar-refractivity contribution in [2.45, 2.75) is 13.0 Å². The molecular weight excluding hydrogens is 276 g/mol. The highest BCUT2D eigenvalue weighted by molar-refractivity contribution is 7.90. The lowest BCUT2D eigenvalue weighted by molar-refractivity contribution is 0.506. The zero-order valence-electron chi connectivity index (χ0n) is 10.4. The maximum atomic E-state index is 13.8. The quantitative estimate of drug-likeness (QED) is 0.929. The van der Waals surface area contributed by atoms with Gasteiger partial charge in [0.25, 0.3) is 0 Å². The average molecular weight is 289 g/mol. The normalized spacial score (nSPS) is 13.9. The van der Waals surface area contributed by atoms with Gasteiger partial charge < -0.3 is 10.3 Å². The van der Waals surface area contributed by atoms with Gasteiger partial charge in [0.1, 0.15) is 15.4 Å². The molecule has 0 saturated carbocycles. The largest absolute Gasteiger partial charge is 0.369 e. The van der Waals surface area contributed by atoms with E-state index in [1.165, 1.54) is 10.6 Å². The molecule has 0 unspecified atom stereocenters. The minimum absolute atomic E-state index is 0.0457. The SMILES string of the molecule is C[C@@H](CS(C)(=O)=O)n1c(N)nc2ccc(F)c(F)c21. The van der Waals surface area contributed by atoms with Crippen LogP contribution in [0.15, 0.2) is 12.1 Å². The number of aromatic nitrogens is 2. The van der Waals surface area contributed by atoms with E-state index in [9.17, 15) is 17.2 Å². The standard InChI is InChI=1S/C11H13F2N3O2S/c1-6(5-19(2,17)18)16-10-8(15-11(16)14)4-3-7(12)9(10)13/h3-4,6H,5H2,1-2H3,(H2,14,15)/t6-/m0/s1. The Balaban J connectivity index is 2.66. The molecule has 8 heteroatoms. The van der Waals surface area contributed by atoms with Gasteiger partial charge in [-0.25, -0.2) is 22.2 Å². The van der Waals surface area contributed by atoms with Crippen molar-refractivity contribution in [3.63, 3.8) is 0 Å². The first-order valence-corrected chi connectivity index (χ1v) is 7.56. The molecule has 0 aliphatic heterocycles. The number of hydrogen-bond donors (Lipinski definition) is 1. The highest BCUT2D eigenvalue weighted by Crippen LogP contribution is 2.27. The number of nitrogens with two attached hydrogens (primary N) is 1. The van der Waals surface area contributed by atoms with Crippen LogP contribution in [0.1, 0.15) is 13.0 Å². The van der Waals surface area contributed by atoms with E-state index >= 15 is 0 Å². The number of anilines is 1. The molecule has 2 rings (SSSR count). The highest BCUT2D eigenvalue weighted by Gasteiger charge is 2.21. The van der Waals surface area contributed by atoms with Gasteiger partial charge >= 0.3 is 0 Å². The lowest BCUT2D eigenvalue weighted by Crippen LogP contribution is -2.18. The fraction of sp³-hybridized carbons (Fsp3) is 0.364. The Hall–Kier alpha value is -1.70. The molecule has 0 spiro atoms. The van der Waals surface area contributed by atoms with Gasteiger partial charge in [-0.05, 0) is 19.1 Å². The molecule has 0 saturated heterocycles. The lowest BCUT2D eigenvalue weighted by atomic mass is 10.2. The van der Waals surface area contributed by atoms with Crippen LogP contribution >= 0.6 is 0 Å². The second-order valence-corrected chi connectivity index (χ2v) is 6.70. The average Bonchev–Trinajstić information content (AvgIpc) is 2.58. The Bertz CT molecular complexity index is 740. The van der Waals surface area contributed by atoms with Crippen LogP contribution in [0, 0.1) is 11.6 Å². The molecule has 0 aliphatic carbocycles. The summed E-state index contributed by atoms with van der Waals surface area (Å²) >= 11 is 0. The number of hydrogen-bond acceptors (Lipinski definition) is 4. The summed E-state index contributed by atoms with van der Waals surface area (Å²) in [5, 5.41) is 0. The van der Waals surface area contributed by atoms with Gasteiger partial charge in [-0.1, -0.05) is 0 Å². The fourth-order valence-electron chi connectivity index (χ4n) is 2.10. The highest BCUT2D eigenvalue weighted by atomic mass is 32.2. The van der Waals surface area contributed by atoms with Crippen LogP contribution < -0.4 is 5.73 Å². The van der Waals surface area contributed by atoms with Crippen LogP contribution in [0.5, 0.6) is 0 Å². The summed E-state index contributed by atoms with van der Waals surface area (Å²) in [5.74, 6) is -2.39. The minimum Gasteiger partial charge on any atom is -0.369 e. The molecule has 1 atom stereocenters. The summed E-state index contributed by atoms with van der Waals surface area (Å²) in [5.41, 5.74) is 5.73. The number of benzene rings is 1. The molecule has 0 radical (unpaired) electrons. The zero-order valence-corrected chi connectivity index (χ0v) is 11.2. The molecule has 19 heavy (non-hydrogen) atoms. The van der Waals surface area contributed by atoms with Crippen LogP contribution in [0.2, 0.25) is 0 Å². The molecule has 2 N–H and O–H groups in total. The Labute approximate surface area is 109 Å². The molecular formula is C11H13F2N3O2S. The number of nitrogen functional groups attached to an aromatic ring is 1. The number of sulfone groups is 1. The summed E-state index contributed by atoms with van der Waals surface area (Å²) in [6, 6.07) is 1.61. The number of halogens is 2. The van der Waals surface area contributed by atoms with Crippen molar-refractivity contribution in [3.8, 4) is 0 Å². The van der Waals surface area contributed by atoms with Crippen molar-refractivity contribution in [1.82, 2.24) is 9.55 Å². The summed E-state index contributed by atoms with van der Waals surface area (Å²) in [6.45, 7) is 1.56. The van der Waals surface area contributed by atoms with E-state index in [1.807, 2.05) is 0 Å². The van der Waals surface area contributed by atoms with Crippen LogP contribution in [-0.2, 0) is 9.84 Å². The van der Waals surface area contributed by atoms with E-state index in [1.54, 1.807) is 6.92 Å². The molecule has 0 fully saturated rings. The third-order valence-corrected chi connectivity index (χ3v) is 3.84. The van der Waals surface area contributed by atoms with Gasteiger partial charge in [0.2, 0.25) is 5.95 Å². The Kier molecular flexibility index (Phi) is 3.21. The second-order valence-electron chi connectivity index (χ2n) is 4.51. The van der Waals surface area contributed by atoms with Gasteiger partial charge in [0, 0.05) is 12.3 Å². The first kappa shape index (κ1) is 13.7. The van der Waals surface area contributed by atoms with Crippen molar-refractivity contribution in [1.29, 1.82) is 0 Å². The summed E-state index contributed by atoms with van der Waals surface area (Å²) in [6.07, 6.45) is 1.07. The van der Waals surface area contributed by atoms with E-state index in [0.717, 1.165) is 12.3 Å². The van der Waals surface area contributed by atoms with Gasteiger partial charge in [-0.3, -0.25) is 0 Å². The minimum atomic E-state index is -3.28. The smallest absolute Gasteiger partial charge is 0.201 e. The lowest BCUT2D eigenvalue weighted by Gasteiger charge is -2.15.